The van der Waals surface area contributed by atoms with Crippen molar-refractivity contribution in [1.82, 2.24) is 4.98 Å². The largest absolute Gasteiger partial charge is 0.381 e. The fourth-order valence-corrected chi connectivity index (χ4v) is 2.75. The van der Waals surface area contributed by atoms with E-state index in [9.17, 15) is 8.78 Å². The number of para-hydroxylation sites is 1. The standard InChI is InChI=1S/C16H14F2N2S/c17-16(18)21-14-6-4-13(5-7-14)20-10-12-3-1-2-11-8-9-19-15(11)12/h1-9,16,19-20H,10H2. The summed E-state index contributed by atoms with van der Waals surface area (Å²) in [4.78, 5) is 3.80. The van der Waals surface area contributed by atoms with Crippen LogP contribution in [0.2, 0.25) is 0 Å². The molecule has 0 atom stereocenters. The molecule has 0 aliphatic carbocycles. The van der Waals surface area contributed by atoms with Gasteiger partial charge in [0.25, 0.3) is 5.76 Å². The van der Waals surface area contributed by atoms with Gasteiger partial charge in [-0.05, 0) is 41.3 Å². The summed E-state index contributed by atoms with van der Waals surface area (Å²) >= 11 is 0.559. The molecule has 1 heterocycles. The van der Waals surface area contributed by atoms with Gasteiger partial charge in [0.05, 0.1) is 5.52 Å². The number of halogens is 2. The molecule has 0 spiro atoms. The maximum absolute atomic E-state index is 12.3. The fraction of sp³-hybridized carbons (Fsp3) is 0.125. The Kier molecular flexibility index (Phi) is 4.10. The van der Waals surface area contributed by atoms with Crippen LogP contribution < -0.4 is 5.32 Å². The lowest BCUT2D eigenvalue weighted by atomic mass is 10.1. The number of aromatic nitrogens is 1. The van der Waals surface area contributed by atoms with E-state index < -0.39 is 5.76 Å². The molecule has 0 amide bonds. The van der Waals surface area contributed by atoms with Gasteiger partial charge in [0.15, 0.2) is 0 Å². The van der Waals surface area contributed by atoms with E-state index in [0.717, 1.165) is 11.2 Å². The van der Waals surface area contributed by atoms with E-state index in [1.54, 1.807) is 12.1 Å². The van der Waals surface area contributed by atoms with E-state index in [1.165, 1.54) is 10.9 Å². The number of hydrogen-bond acceptors (Lipinski definition) is 2. The zero-order valence-electron chi connectivity index (χ0n) is 11.1. The first-order chi connectivity index (χ1) is 10.2. The first kappa shape index (κ1) is 13.9. The predicted molar refractivity (Wildman–Crippen MR) is 83.9 cm³/mol. The number of rotatable bonds is 5. The summed E-state index contributed by atoms with van der Waals surface area (Å²) in [6.07, 6.45) is 1.92. The second-order valence-electron chi connectivity index (χ2n) is 4.62. The summed E-state index contributed by atoms with van der Waals surface area (Å²) in [6.45, 7) is 0.680. The minimum absolute atomic E-state index is 0.559. The zero-order valence-corrected chi connectivity index (χ0v) is 12.0. The van der Waals surface area contributed by atoms with Crippen LogP contribution in [0, 0.1) is 0 Å². The number of anilines is 1. The van der Waals surface area contributed by atoms with Gasteiger partial charge in [-0.1, -0.05) is 30.0 Å². The Hall–Kier alpha value is -2.01. The molecule has 2 nitrogen and oxygen atoms in total. The summed E-state index contributed by atoms with van der Waals surface area (Å²) < 4.78 is 24.5. The van der Waals surface area contributed by atoms with E-state index in [2.05, 4.69) is 22.4 Å². The first-order valence-electron chi connectivity index (χ1n) is 6.56. The summed E-state index contributed by atoms with van der Waals surface area (Å²) in [5.74, 6) is -2.38. The Balaban J connectivity index is 1.68. The second-order valence-corrected chi connectivity index (χ2v) is 5.68. The maximum atomic E-state index is 12.3. The lowest BCUT2D eigenvalue weighted by molar-refractivity contribution is 0.252. The highest BCUT2D eigenvalue weighted by Gasteiger charge is 2.05. The van der Waals surface area contributed by atoms with Crippen molar-refractivity contribution in [2.75, 3.05) is 5.32 Å². The van der Waals surface area contributed by atoms with Crippen molar-refractivity contribution in [3.63, 3.8) is 0 Å². The SMILES string of the molecule is FC(F)Sc1ccc(NCc2cccc3cc[nH]c23)cc1. The van der Waals surface area contributed by atoms with Gasteiger partial charge in [0.1, 0.15) is 0 Å². The Morgan fingerprint density at radius 1 is 1.05 bits per heavy atom. The summed E-state index contributed by atoms with van der Waals surface area (Å²) in [5.41, 5.74) is 3.20. The zero-order chi connectivity index (χ0) is 14.7. The highest BCUT2D eigenvalue weighted by Crippen LogP contribution is 2.26. The highest BCUT2D eigenvalue weighted by atomic mass is 32.2. The van der Waals surface area contributed by atoms with E-state index in [-0.39, 0.29) is 0 Å². The molecule has 3 rings (SSSR count). The molecule has 0 aliphatic heterocycles. The molecule has 0 fully saturated rings. The third kappa shape index (κ3) is 3.36. The van der Waals surface area contributed by atoms with Crippen LogP contribution >= 0.6 is 11.8 Å². The third-order valence-electron chi connectivity index (χ3n) is 3.24. The van der Waals surface area contributed by atoms with Crippen LogP contribution in [-0.4, -0.2) is 10.7 Å². The van der Waals surface area contributed by atoms with E-state index in [4.69, 9.17) is 0 Å². The van der Waals surface area contributed by atoms with Crippen LogP contribution in [0.3, 0.4) is 0 Å². The third-order valence-corrected chi connectivity index (χ3v) is 3.96. The molecular weight excluding hydrogens is 290 g/mol. The molecule has 1 aromatic heterocycles. The molecule has 0 bridgehead atoms. The van der Waals surface area contributed by atoms with E-state index in [1.807, 2.05) is 30.5 Å². The van der Waals surface area contributed by atoms with Gasteiger partial charge < -0.3 is 10.3 Å². The predicted octanol–water partition coefficient (Wildman–Crippen LogP) is 5.09. The Morgan fingerprint density at radius 3 is 2.62 bits per heavy atom. The normalized spacial score (nSPS) is 11.2. The minimum Gasteiger partial charge on any atom is -0.381 e. The molecule has 2 aromatic carbocycles. The molecule has 5 heteroatoms. The average molecular weight is 304 g/mol. The van der Waals surface area contributed by atoms with E-state index >= 15 is 0 Å². The van der Waals surface area contributed by atoms with Crippen LogP contribution in [0.15, 0.2) is 59.6 Å². The molecule has 0 aliphatic rings. The Labute approximate surface area is 125 Å². The molecule has 0 unspecified atom stereocenters. The molecule has 0 saturated carbocycles. The van der Waals surface area contributed by atoms with Crippen LogP contribution in [0.1, 0.15) is 5.56 Å². The summed E-state index contributed by atoms with van der Waals surface area (Å²) in [5, 5.41) is 4.49. The van der Waals surface area contributed by atoms with Crippen molar-refractivity contribution in [3.8, 4) is 0 Å². The Bertz CT molecular complexity index is 722. The number of thioether (sulfide) groups is 1. The number of benzene rings is 2. The van der Waals surface area contributed by atoms with Crippen molar-refractivity contribution in [2.45, 2.75) is 17.2 Å². The Morgan fingerprint density at radius 2 is 1.86 bits per heavy atom. The highest BCUT2D eigenvalue weighted by molar-refractivity contribution is 7.99. The van der Waals surface area contributed by atoms with Crippen LogP contribution in [-0.2, 0) is 6.54 Å². The van der Waals surface area contributed by atoms with Gasteiger partial charge in [-0.2, -0.15) is 8.78 Å². The number of H-pyrrole nitrogens is 1. The molecule has 0 saturated heterocycles. The van der Waals surface area contributed by atoms with Crippen molar-refractivity contribution < 1.29 is 8.78 Å². The number of nitrogens with one attached hydrogen (secondary N) is 2. The second kappa shape index (κ2) is 6.18. The van der Waals surface area contributed by atoms with Crippen LogP contribution in [0.25, 0.3) is 10.9 Å². The summed E-state index contributed by atoms with van der Waals surface area (Å²) in [6, 6.07) is 15.2. The molecule has 3 aromatic rings. The average Bonchev–Trinajstić information content (AvgIpc) is 2.95. The topological polar surface area (TPSA) is 27.8 Å². The number of aromatic amines is 1. The van der Waals surface area contributed by atoms with Gasteiger partial charge in [-0.3, -0.25) is 0 Å². The molecular formula is C16H14F2N2S. The first-order valence-corrected chi connectivity index (χ1v) is 7.44. The van der Waals surface area contributed by atoms with Crippen LogP contribution in [0.5, 0.6) is 0 Å². The van der Waals surface area contributed by atoms with Gasteiger partial charge in [0, 0.05) is 23.3 Å². The maximum Gasteiger partial charge on any atom is 0.288 e. The van der Waals surface area contributed by atoms with Gasteiger partial charge >= 0.3 is 0 Å². The van der Waals surface area contributed by atoms with Crippen molar-refractivity contribution in [2.24, 2.45) is 0 Å². The number of hydrogen-bond donors (Lipinski definition) is 2. The summed E-state index contributed by atoms with van der Waals surface area (Å²) in [7, 11) is 0. The number of alkyl halides is 2. The smallest absolute Gasteiger partial charge is 0.288 e. The quantitative estimate of drug-likeness (QED) is 0.642. The van der Waals surface area contributed by atoms with Gasteiger partial charge in [-0.25, -0.2) is 0 Å². The molecule has 0 radical (unpaired) electrons. The minimum atomic E-state index is -2.38. The van der Waals surface area contributed by atoms with E-state index in [0.29, 0.717) is 23.2 Å². The number of fused-ring (bicyclic) bond motifs is 1. The van der Waals surface area contributed by atoms with Gasteiger partial charge in [0.2, 0.25) is 0 Å². The lowest BCUT2D eigenvalue weighted by Crippen LogP contribution is -1.99. The van der Waals surface area contributed by atoms with Crippen LogP contribution in [0.4, 0.5) is 14.5 Å². The van der Waals surface area contributed by atoms with Crippen molar-refractivity contribution in [1.29, 1.82) is 0 Å². The molecule has 108 valence electrons. The lowest BCUT2D eigenvalue weighted by Gasteiger charge is -2.08. The van der Waals surface area contributed by atoms with Gasteiger partial charge in [-0.15, -0.1) is 0 Å². The fourth-order valence-electron chi connectivity index (χ4n) is 2.25. The monoisotopic (exact) mass is 304 g/mol. The molecule has 2 N–H and O–H groups in total. The molecule has 21 heavy (non-hydrogen) atoms. The van der Waals surface area contributed by atoms with Crippen molar-refractivity contribution in [3.05, 3.63) is 60.3 Å². The van der Waals surface area contributed by atoms with Crippen molar-refractivity contribution >= 4 is 28.4 Å².